The van der Waals surface area contributed by atoms with Crippen LogP contribution < -0.4 is 4.72 Å². The van der Waals surface area contributed by atoms with Gasteiger partial charge < -0.3 is 4.90 Å². The predicted octanol–water partition coefficient (Wildman–Crippen LogP) is 3.22. The number of hydrogen-bond donors (Lipinski definition) is 1. The molecule has 0 spiro atoms. The molecule has 146 valence electrons. The third kappa shape index (κ3) is 3.67. The third-order valence-electron chi connectivity index (χ3n) is 5.03. The minimum Gasteiger partial charge on any atom is -0.338 e. The Morgan fingerprint density at radius 3 is 2.82 bits per heavy atom. The summed E-state index contributed by atoms with van der Waals surface area (Å²) in [7, 11) is -2.22. The van der Waals surface area contributed by atoms with E-state index in [1.54, 1.807) is 23.5 Å². The molecule has 1 N–H and O–H groups in total. The van der Waals surface area contributed by atoms with Crippen molar-refractivity contribution in [3.63, 3.8) is 0 Å². The summed E-state index contributed by atoms with van der Waals surface area (Å²) in [6.07, 6.45) is 1.90. The van der Waals surface area contributed by atoms with E-state index in [0.717, 1.165) is 28.1 Å². The molecule has 2 aromatic carbocycles. The smallest absolute Gasteiger partial charge is 0.253 e. The molecule has 1 amide bonds. The molecule has 6 nitrogen and oxygen atoms in total. The number of thiazole rings is 1. The maximum Gasteiger partial charge on any atom is 0.253 e. The number of nitrogens with one attached hydrogen (secondary N) is 1. The summed E-state index contributed by atoms with van der Waals surface area (Å²) < 4.78 is 27.5. The van der Waals surface area contributed by atoms with Gasteiger partial charge in [-0.25, -0.2) is 18.1 Å². The number of amides is 1. The van der Waals surface area contributed by atoms with Crippen LogP contribution in [0.4, 0.5) is 0 Å². The number of fused-ring (bicyclic) bond motifs is 1. The lowest BCUT2D eigenvalue weighted by atomic mass is 9.98. The van der Waals surface area contributed by atoms with Gasteiger partial charge in [-0.2, -0.15) is 0 Å². The molecule has 1 fully saturated rings. The molecule has 1 aromatic heterocycles. The van der Waals surface area contributed by atoms with Crippen LogP contribution in [0.1, 0.15) is 34.1 Å². The molecule has 2 heterocycles. The lowest BCUT2D eigenvalue weighted by molar-refractivity contribution is 0.0707. The van der Waals surface area contributed by atoms with Crippen LogP contribution in [0.3, 0.4) is 0 Å². The van der Waals surface area contributed by atoms with E-state index in [-0.39, 0.29) is 16.7 Å². The maximum absolute atomic E-state index is 13.0. The zero-order valence-corrected chi connectivity index (χ0v) is 17.1. The topological polar surface area (TPSA) is 79.4 Å². The zero-order chi connectivity index (χ0) is 19.7. The van der Waals surface area contributed by atoms with Gasteiger partial charge in [0.25, 0.3) is 5.91 Å². The average molecular weight is 416 g/mol. The largest absolute Gasteiger partial charge is 0.338 e. The standard InChI is InChI=1S/C20H21N3O3S2/c1-21-28(25,26)16-8-4-6-14(12-16)20(24)23-11-5-7-15(13-23)19-22-17-9-2-3-10-18(17)27-19/h2-4,6,8-10,12,15,21H,5,7,11,13H2,1H3/t15-/m0/s1. The van der Waals surface area contributed by atoms with Crippen LogP contribution in [0.25, 0.3) is 10.2 Å². The summed E-state index contributed by atoms with van der Waals surface area (Å²) in [6, 6.07) is 14.3. The Bertz CT molecular complexity index is 1090. The molecule has 1 atom stereocenters. The number of benzene rings is 2. The molecule has 0 aliphatic carbocycles. The van der Waals surface area contributed by atoms with Gasteiger partial charge in [0, 0.05) is 24.6 Å². The Morgan fingerprint density at radius 1 is 1.21 bits per heavy atom. The van der Waals surface area contributed by atoms with E-state index in [1.165, 1.54) is 19.2 Å². The summed E-state index contributed by atoms with van der Waals surface area (Å²) in [5.74, 6) is 0.0679. The molecule has 0 bridgehead atoms. The molecule has 3 aromatic rings. The molecule has 0 saturated carbocycles. The molecule has 28 heavy (non-hydrogen) atoms. The summed E-state index contributed by atoms with van der Waals surface area (Å²) >= 11 is 1.69. The van der Waals surface area contributed by atoms with Crippen LogP contribution in [0.15, 0.2) is 53.4 Å². The number of rotatable bonds is 4. The van der Waals surface area contributed by atoms with Gasteiger partial charge in [0.15, 0.2) is 0 Å². The highest BCUT2D eigenvalue weighted by molar-refractivity contribution is 7.89. The van der Waals surface area contributed by atoms with Crippen molar-refractivity contribution >= 4 is 37.5 Å². The molecule has 1 saturated heterocycles. The number of hydrogen-bond acceptors (Lipinski definition) is 5. The van der Waals surface area contributed by atoms with Crippen molar-refractivity contribution in [3.05, 3.63) is 59.1 Å². The quantitative estimate of drug-likeness (QED) is 0.710. The maximum atomic E-state index is 13.0. The first-order valence-electron chi connectivity index (χ1n) is 9.16. The number of aromatic nitrogens is 1. The van der Waals surface area contributed by atoms with Crippen molar-refractivity contribution < 1.29 is 13.2 Å². The van der Waals surface area contributed by atoms with E-state index in [9.17, 15) is 13.2 Å². The first kappa shape index (κ1) is 19.0. The Kier molecular flexibility index (Phi) is 5.18. The fourth-order valence-corrected chi connectivity index (χ4v) is 5.39. The van der Waals surface area contributed by atoms with Gasteiger partial charge >= 0.3 is 0 Å². The van der Waals surface area contributed by atoms with Gasteiger partial charge in [-0.3, -0.25) is 4.79 Å². The number of nitrogens with zero attached hydrogens (tertiary/aromatic N) is 2. The Balaban J connectivity index is 1.56. The second-order valence-corrected chi connectivity index (χ2v) is 9.79. The SMILES string of the molecule is CNS(=O)(=O)c1cccc(C(=O)N2CCC[C@H](c3nc4ccccc4s3)C2)c1. The zero-order valence-electron chi connectivity index (χ0n) is 15.5. The second kappa shape index (κ2) is 7.62. The fraction of sp³-hybridized carbons (Fsp3) is 0.300. The average Bonchev–Trinajstić information content (AvgIpc) is 3.18. The van der Waals surface area contributed by atoms with Gasteiger partial charge in [0.2, 0.25) is 10.0 Å². The third-order valence-corrected chi connectivity index (χ3v) is 7.64. The lowest BCUT2D eigenvalue weighted by Gasteiger charge is -2.32. The first-order valence-corrected chi connectivity index (χ1v) is 11.5. The van der Waals surface area contributed by atoms with Gasteiger partial charge in [0.1, 0.15) is 0 Å². The van der Waals surface area contributed by atoms with Crippen molar-refractivity contribution in [2.24, 2.45) is 0 Å². The number of carbonyl (C=O) groups excluding carboxylic acids is 1. The minimum atomic E-state index is -3.58. The molecule has 4 rings (SSSR count). The molecular weight excluding hydrogens is 394 g/mol. The van der Waals surface area contributed by atoms with Crippen LogP contribution in [0, 0.1) is 0 Å². The number of para-hydroxylation sites is 1. The number of likely N-dealkylation sites (tertiary alicyclic amines) is 1. The fourth-order valence-electron chi connectivity index (χ4n) is 3.52. The number of sulfonamides is 1. The Hall–Kier alpha value is -2.29. The van der Waals surface area contributed by atoms with Crippen molar-refractivity contribution in [1.29, 1.82) is 0 Å². The normalized spacial score (nSPS) is 17.8. The van der Waals surface area contributed by atoms with Crippen molar-refractivity contribution in [3.8, 4) is 0 Å². The van der Waals surface area contributed by atoms with Gasteiger partial charge in [-0.15, -0.1) is 11.3 Å². The second-order valence-electron chi connectivity index (χ2n) is 6.85. The molecule has 0 radical (unpaired) electrons. The monoisotopic (exact) mass is 415 g/mol. The Labute approximate surface area is 168 Å². The van der Waals surface area contributed by atoms with Gasteiger partial charge in [0.05, 0.1) is 20.1 Å². The van der Waals surface area contributed by atoms with Crippen LogP contribution in [0.5, 0.6) is 0 Å². The molecule has 1 aliphatic heterocycles. The molecule has 1 aliphatic rings. The van der Waals surface area contributed by atoms with E-state index in [1.807, 2.05) is 23.1 Å². The van der Waals surface area contributed by atoms with Crippen LogP contribution in [-0.2, 0) is 10.0 Å². The van der Waals surface area contributed by atoms with E-state index in [2.05, 4.69) is 10.8 Å². The lowest BCUT2D eigenvalue weighted by Crippen LogP contribution is -2.39. The predicted molar refractivity (Wildman–Crippen MR) is 110 cm³/mol. The van der Waals surface area contributed by atoms with E-state index < -0.39 is 10.0 Å². The number of piperidine rings is 1. The summed E-state index contributed by atoms with van der Waals surface area (Å²) in [4.78, 5) is 19.7. The van der Waals surface area contributed by atoms with Crippen molar-refractivity contribution in [1.82, 2.24) is 14.6 Å². The van der Waals surface area contributed by atoms with Crippen molar-refractivity contribution in [2.45, 2.75) is 23.7 Å². The summed E-state index contributed by atoms with van der Waals surface area (Å²) in [5, 5.41) is 1.06. The van der Waals surface area contributed by atoms with Crippen LogP contribution >= 0.6 is 11.3 Å². The highest BCUT2D eigenvalue weighted by Gasteiger charge is 2.28. The highest BCUT2D eigenvalue weighted by Crippen LogP contribution is 2.33. The van der Waals surface area contributed by atoms with Gasteiger partial charge in [-0.1, -0.05) is 18.2 Å². The van der Waals surface area contributed by atoms with Gasteiger partial charge in [-0.05, 0) is 50.2 Å². The molecule has 8 heteroatoms. The minimum absolute atomic E-state index is 0.0978. The number of carbonyl (C=O) groups is 1. The van der Waals surface area contributed by atoms with Crippen LogP contribution in [-0.4, -0.2) is 44.3 Å². The highest BCUT2D eigenvalue weighted by atomic mass is 32.2. The summed E-state index contributed by atoms with van der Waals surface area (Å²) in [5.41, 5.74) is 1.39. The van der Waals surface area contributed by atoms with E-state index >= 15 is 0 Å². The summed E-state index contributed by atoms with van der Waals surface area (Å²) in [6.45, 7) is 1.27. The van der Waals surface area contributed by atoms with Crippen LogP contribution in [0.2, 0.25) is 0 Å². The van der Waals surface area contributed by atoms with Crippen molar-refractivity contribution in [2.75, 3.05) is 20.1 Å². The van der Waals surface area contributed by atoms with E-state index in [0.29, 0.717) is 18.7 Å². The molecular formula is C20H21N3O3S2. The molecule has 0 unspecified atom stereocenters. The van der Waals surface area contributed by atoms with E-state index in [4.69, 9.17) is 4.98 Å². The Morgan fingerprint density at radius 2 is 2.04 bits per heavy atom. The first-order chi connectivity index (χ1) is 13.5.